The first-order chi connectivity index (χ1) is 24.8. The van der Waals surface area contributed by atoms with Crippen LogP contribution >= 0.6 is 0 Å². The van der Waals surface area contributed by atoms with Crippen molar-refractivity contribution < 1.29 is 4.42 Å². The van der Waals surface area contributed by atoms with Crippen LogP contribution in [-0.4, -0.2) is 0 Å². The molecule has 2 heteroatoms. The summed E-state index contributed by atoms with van der Waals surface area (Å²) in [5.74, 6) is 0. The molecular formula is C48H33NO. The minimum absolute atomic E-state index is 0.871. The molecule has 8 aromatic carbocycles. The van der Waals surface area contributed by atoms with Gasteiger partial charge in [0.1, 0.15) is 11.2 Å². The van der Waals surface area contributed by atoms with Gasteiger partial charge in [-0.2, -0.15) is 0 Å². The maximum Gasteiger partial charge on any atom is 0.137 e. The Balaban J connectivity index is 1.25. The molecule has 9 rings (SSSR count). The number of nitrogens with zero attached hydrogens (tertiary/aromatic N) is 1. The molecule has 1 heterocycles. The van der Waals surface area contributed by atoms with E-state index in [-0.39, 0.29) is 0 Å². The minimum atomic E-state index is 0.871. The molecule has 9 aromatic rings. The molecule has 0 saturated carbocycles. The molecule has 0 aliphatic carbocycles. The zero-order valence-electron chi connectivity index (χ0n) is 27.4. The molecule has 0 spiro atoms. The molecule has 0 radical (unpaired) electrons. The van der Waals surface area contributed by atoms with E-state index in [1.165, 1.54) is 38.9 Å². The summed E-state index contributed by atoms with van der Waals surface area (Å²) < 4.78 is 6.35. The van der Waals surface area contributed by atoms with E-state index in [1.807, 2.05) is 12.1 Å². The first kappa shape index (κ1) is 29.5. The second kappa shape index (κ2) is 12.8. The predicted molar refractivity (Wildman–Crippen MR) is 210 cm³/mol. The first-order valence-corrected chi connectivity index (χ1v) is 17.0. The number of fused-ring (bicyclic) bond motifs is 3. The van der Waals surface area contributed by atoms with Crippen LogP contribution in [0.15, 0.2) is 205 Å². The maximum atomic E-state index is 6.35. The van der Waals surface area contributed by atoms with Gasteiger partial charge in [0.25, 0.3) is 0 Å². The van der Waals surface area contributed by atoms with Crippen LogP contribution in [0, 0.1) is 0 Å². The summed E-state index contributed by atoms with van der Waals surface area (Å²) in [6.45, 7) is 0. The predicted octanol–water partition coefficient (Wildman–Crippen LogP) is 13.7. The van der Waals surface area contributed by atoms with Crippen LogP contribution in [0.3, 0.4) is 0 Å². The number of para-hydroxylation sites is 2. The summed E-state index contributed by atoms with van der Waals surface area (Å²) in [7, 11) is 0. The SMILES string of the molecule is c1ccc(-c2ccccc2-c2c(-c3ccccc3)cccc2-c2cccc(N(c3ccccc3)c3ccc4c(c3)oc3ccccc34)c2)cc1. The van der Waals surface area contributed by atoms with Gasteiger partial charge in [-0.05, 0) is 87.0 Å². The zero-order valence-corrected chi connectivity index (χ0v) is 27.4. The lowest BCUT2D eigenvalue weighted by molar-refractivity contribution is 0.669. The van der Waals surface area contributed by atoms with Gasteiger partial charge in [-0.1, -0.05) is 152 Å². The molecule has 0 fully saturated rings. The Morgan fingerprint density at radius 2 is 0.800 bits per heavy atom. The molecule has 0 amide bonds. The highest BCUT2D eigenvalue weighted by atomic mass is 16.3. The average Bonchev–Trinajstić information content (AvgIpc) is 3.57. The Kier molecular flexibility index (Phi) is 7.53. The van der Waals surface area contributed by atoms with E-state index in [9.17, 15) is 0 Å². The van der Waals surface area contributed by atoms with Crippen molar-refractivity contribution in [2.75, 3.05) is 4.90 Å². The first-order valence-electron chi connectivity index (χ1n) is 17.0. The summed E-state index contributed by atoms with van der Waals surface area (Å²) in [6.07, 6.45) is 0. The molecule has 0 N–H and O–H groups in total. The zero-order chi connectivity index (χ0) is 33.3. The number of furan rings is 1. The largest absolute Gasteiger partial charge is 0.456 e. The molecule has 236 valence electrons. The van der Waals surface area contributed by atoms with Gasteiger partial charge in [0.2, 0.25) is 0 Å². The van der Waals surface area contributed by atoms with Crippen LogP contribution in [0.4, 0.5) is 17.1 Å². The van der Waals surface area contributed by atoms with E-state index in [0.29, 0.717) is 0 Å². The van der Waals surface area contributed by atoms with Crippen molar-refractivity contribution in [1.82, 2.24) is 0 Å². The monoisotopic (exact) mass is 639 g/mol. The molecule has 50 heavy (non-hydrogen) atoms. The van der Waals surface area contributed by atoms with Gasteiger partial charge >= 0.3 is 0 Å². The lowest BCUT2D eigenvalue weighted by Crippen LogP contribution is -2.09. The molecule has 0 saturated heterocycles. The van der Waals surface area contributed by atoms with Gasteiger partial charge in [0, 0.05) is 33.9 Å². The molecule has 0 atom stereocenters. The molecule has 0 bridgehead atoms. The third-order valence-electron chi connectivity index (χ3n) is 9.48. The topological polar surface area (TPSA) is 16.4 Å². The van der Waals surface area contributed by atoms with E-state index in [2.05, 4.69) is 193 Å². The van der Waals surface area contributed by atoms with Gasteiger partial charge in [-0.25, -0.2) is 0 Å². The second-order valence-corrected chi connectivity index (χ2v) is 12.5. The van der Waals surface area contributed by atoms with Gasteiger partial charge < -0.3 is 9.32 Å². The molecule has 1 aromatic heterocycles. The van der Waals surface area contributed by atoms with Crippen LogP contribution in [0.2, 0.25) is 0 Å². The van der Waals surface area contributed by atoms with Crippen molar-refractivity contribution in [1.29, 1.82) is 0 Å². The molecule has 0 unspecified atom stereocenters. The van der Waals surface area contributed by atoms with Gasteiger partial charge in [-0.3, -0.25) is 0 Å². The smallest absolute Gasteiger partial charge is 0.137 e. The van der Waals surface area contributed by atoms with Crippen LogP contribution in [-0.2, 0) is 0 Å². The highest BCUT2D eigenvalue weighted by molar-refractivity contribution is 6.06. The number of benzene rings is 8. The number of hydrogen-bond donors (Lipinski definition) is 0. The lowest BCUT2D eigenvalue weighted by atomic mass is 9.84. The Morgan fingerprint density at radius 1 is 0.300 bits per heavy atom. The fourth-order valence-electron chi connectivity index (χ4n) is 7.20. The van der Waals surface area contributed by atoms with Crippen LogP contribution in [0.25, 0.3) is 66.4 Å². The van der Waals surface area contributed by atoms with Crippen LogP contribution in [0.1, 0.15) is 0 Å². The third kappa shape index (κ3) is 5.34. The third-order valence-corrected chi connectivity index (χ3v) is 9.48. The number of rotatable bonds is 7. The number of hydrogen-bond acceptors (Lipinski definition) is 2. The lowest BCUT2D eigenvalue weighted by Gasteiger charge is -2.26. The highest BCUT2D eigenvalue weighted by Crippen LogP contribution is 2.45. The standard InChI is InChI=1S/C48H33NO/c1-4-16-34(17-5-1)40-24-10-11-26-45(40)48-41(35-18-6-2-7-19-35)27-15-28-42(48)36-20-14-23-38(32-36)49(37-21-8-3-9-22-37)39-30-31-44-43-25-12-13-29-46(43)50-47(44)33-39/h1-33H. The second-order valence-electron chi connectivity index (χ2n) is 12.5. The summed E-state index contributed by atoms with van der Waals surface area (Å²) in [4.78, 5) is 2.31. The van der Waals surface area contributed by atoms with Crippen LogP contribution in [0.5, 0.6) is 0 Å². The van der Waals surface area contributed by atoms with Crippen LogP contribution < -0.4 is 4.90 Å². The Bertz CT molecular complexity index is 2590. The summed E-state index contributed by atoms with van der Waals surface area (Å²) in [5, 5.41) is 2.24. The van der Waals surface area contributed by atoms with E-state index >= 15 is 0 Å². The van der Waals surface area contributed by atoms with E-state index in [4.69, 9.17) is 4.42 Å². The minimum Gasteiger partial charge on any atom is -0.456 e. The van der Waals surface area contributed by atoms with Crippen molar-refractivity contribution >= 4 is 39.0 Å². The van der Waals surface area contributed by atoms with Crippen molar-refractivity contribution in [3.05, 3.63) is 200 Å². The van der Waals surface area contributed by atoms with Crippen molar-refractivity contribution in [2.24, 2.45) is 0 Å². The summed E-state index contributed by atoms with van der Waals surface area (Å²) in [5.41, 5.74) is 14.5. The summed E-state index contributed by atoms with van der Waals surface area (Å²) >= 11 is 0. The quantitative estimate of drug-likeness (QED) is 0.173. The molecular weight excluding hydrogens is 607 g/mol. The number of anilines is 3. The maximum absolute atomic E-state index is 6.35. The Hall–Kier alpha value is -6.64. The van der Waals surface area contributed by atoms with Crippen molar-refractivity contribution in [2.45, 2.75) is 0 Å². The van der Waals surface area contributed by atoms with Crippen molar-refractivity contribution in [3.8, 4) is 44.5 Å². The summed E-state index contributed by atoms with van der Waals surface area (Å²) in [6, 6.07) is 71.1. The molecule has 0 aliphatic heterocycles. The molecule has 2 nitrogen and oxygen atoms in total. The average molecular weight is 640 g/mol. The van der Waals surface area contributed by atoms with E-state index in [0.717, 1.165) is 44.6 Å². The van der Waals surface area contributed by atoms with E-state index in [1.54, 1.807) is 0 Å². The van der Waals surface area contributed by atoms with E-state index < -0.39 is 0 Å². The Labute approximate surface area is 292 Å². The Morgan fingerprint density at radius 3 is 1.56 bits per heavy atom. The van der Waals surface area contributed by atoms with Crippen molar-refractivity contribution in [3.63, 3.8) is 0 Å². The van der Waals surface area contributed by atoms with Gasteiger partial charge in [0.05, 0.1) is 0 Å². The molecule has 0 aliphatic rings. The van der Waals surface area contributed by atoms with Gasteiger partial charge in [-0.15, -0.1) is 0 Å². The highest BCUT2D eigenvalue weighted by Gasteiger charge is 2.20. The fraction of sp³-hybridized carbons (Fsp3) is 0. The normalized spacial score (nSPS) is 11.2. The fourth-order valence-corrected chi connectivity index (χ4v) is 7.20. The van der Waals surface area contributed by atoms with Gasteiger partial charge in [0.15, 0.2) is 0 Å².